The smallest absolute Gasteiger partial charge is 0.226 e. The lowest BCUT2D eigenvalue weighted by atomic mass is 10.2. The van der Waals surface area contributed by atoms with E-state index in [-0.39, 0.29) is 0 Å². The van der Waals surface area contributed by atoms with Gasteiger partial charge in [0.2, 0.25) is 5.89 Å². The van der Waals surface area contributed by atoms with E-state index < -0.39 is 0 Å². The van der Waals surface area contributed by atoms with Crippen LogP contribution in [0, 0.1) is 0 Å². The number of hydrogen-bond donors (Lipinski definition) is 1. The molecule has 0 aliphatic rings. The first-order valence-electron chi connectivity index (χ1n) is 5.60. The Bertz CT molecular complexity index is 423. The van der Waals surface area contributed by atoms with Gasteiger partial charge in [0.05, 0.1) is 5.69 Å². The molecule has 0 fully saturated rings. The minimum atomic E-state index is 0.689. The van der Waals surface area contributed by atoms with E-state index >= 15 is 0 Å². The zero-order valence-electron chi connectivity index (χ0n) is 9.44. The Kier molecular flexibility index (Phi) is 3.72. The van der Waals surface area contributed by atoms with Crippen LogP contribution in [0.5, 0.6) is 0 Å². The average Bonchev–Trinajstić information content (AvgIpc) is 2.79. The third-order valence-electron chi connectivity index (χ3n) is 2.31. The Labute approximate surface area is 95.5 Å². The summed E-state index contributed by atoms with van der Waals surface area (Å²) < 4.78 is 5.43. The van der Waals surface area contributed by atoms with Gasteiger partial charge in [0, 0.05) is 12.1 Å². The van der Waals surface area contributed by atoms with Crippen molar-refractivity contribution in [3.63, 3.8) is 0 Å². The molecule has 3 nitrogen and oxygen atoms in total. The minimum Gasteiger partial charge on any atom is -0.444 e. The van der Waals surface area contributed by atoms with E-state index in [9.17, 15) is 0 Å². The molecule has 0 bridgehead atoms. The topological polar surface area (TPSA) is 38.1 Å². The Hall–Kier alpha value is -1.61. The number of oxazole rings is 1. The predicted octanol–water partition coefficient (Wildman–Crippen LogP) is 2.84. The number of nitrogens with zero attached hydrogens (tertiary/aromatic N) is 1. The van der Waals surface area contributed by atoms with Gasteiger partial charge < -0.3 is 9.73 Å². The third kappa shape index (κ3) is 2.70. The number of aromatic nitrogens is 1. The van der Waals surface area contributed by atoms with Crippen molar-refractivity contribution in [2.45, 2.75) is 19.9 Å². The van der Waals surface area contributed by atoms with Gasteiger partial charge in [-0.2, -0.15) is 0 Å². The predicted molar refractivity (Wildman–Crippen MR) is 63.9 cm³/mol. The van der Waals surface area contributed by atoms with E-state index in [1.807, 2.05) is 30.3 Å². The Morgan fingerprint density at radius 3 is 2.81 bits per heavy atom. The van der Waals surface area contributed by atoms with Crippen LogP contribution in [0.3, 0.4) is 0 Å². The molecule has 2 rings (SSSR count). The van der Waals surface area contributed by atoms with Gasteiger partial charge in [0.1, 0.15) is 6.26 Å². The van der Waals surface area contributed by atoms with Crippen LogP contribution < -0.4 is 5.32 Å². The van der Waals surface area contributed by atoms with Crippen LogP contribution in [0.25, 0.3) is 11.5 Å². The van der Waals surface area contributed by atoms with Crippen molar-refractivity contribution in [2.24, 2.45) is 0 Å². The second kappa shape index (κ2) is 5.47. The van der Waals surface area contributed by atoms with Crippen molar-refractivity contribution >= 4 is 0 Å². The van der Waals surface area contributed by atoms with E-state index in [0.29, 0.717) is 5.89 Å². The Morgan fingerprint density at radius 2 is 2.06 bits per heavy atom. The second-order valence-electron chi connectivity index (χ2n) is 3.69. The van der Waals surface area contributed by atoms with Crippen molar-refractivity contribution in [2.75, 3.05) is 6.54 Å². The summed E-state index contributed by atoms with van der Waals surface area (Å²) in [6.45, 7) is 3.92. The van der Waals surface area contributed by atoms with Crippen LogP contribution in [0.15, 0.2) is 41.0 Å². The highest BCUT2D eigenvalue weighted by Gasteiger charge is 2.04. The summed E-state index contributed by atoms with van der Waals surface area (Å²) in [4.78, 5) is 4.42. The molecular formula is C13H16N2O. The highest BCUT2D eigenvalue weighted by molar-refractivity contribution is 5.52. The zero-order valence-corrected chi connectivity index (χ0v) is 9.44. The summed E-state index contributed by atoms with van der Waals surface area (Å²) >= 11 is 0. The number of nitrogens with one attached hydrogen (secondary N) is 1. The maximum atomic E-state index is 5.43. The summed E-state index contributed by atoms with van der Waals surface area (Å²) in [7, 11) is 0. The van der Waals surface area contributed by atoms with Crippen LogP contribution in [0.4, 0.5) is 0 Å². The van der Waals surface area contributed by atoms with Crippen molar-refractivity contribution in [1.82, 2.24) is 10.3 Å². The highest BCUT2D eigenvalue weighted by Crippen LogP contribution is 2.17. The van der Waals surface area contributed by atoms with Crippen LogP contribution in [-0.2, 0) is 6.54 Å². The van der Waals surface area contributed by atoms with Gasteiger partial charge in [-0.25, -0.2) is 4.98 Å². The molecule has 0 saturated heterocycles. The maximum Gasteiger partial charge on any atom is 0.226 e. The van der Waals surface area contributed by atoms with E-state index in [1.54, 1.807) is 6.26 Å². The summed E-state index contributed by atoms with van der Waals surface area (Å²) in [6.07, 6.45) is 2.84. The molecule has 16 heavy (non-hydrogen) atoms. The molecule has 84 valence electrons. The molecule has 1 aromatic carbocycles. The van der Waals surface area contributed by atoms with E-state index in [4.69, 9.17) is 4.42 Å². The first-order valence-corrected chi connectivity index (χ1v) is 5.60. The molecule has 0 aliphatic carbocycles. The number of benzene rings is 1. The quantitative estimate of drug-likeness (QED) is 0.781. The fourth-order valence-electron chi connectivity index (χ4n) is 1.49. The fourth-order valence-corrected chi connectivity index (χ4v) is 1.49. The lowest BCUT2D eigenvalue weighted by Crippen LogP contribution is -2.13. The van der Waals surface area contributed by atoms with Gasteiger partial charge in [-0.1, -0.05) is 25.1 Å². The van der Waals surface area contributed by atoms with Crippen molar-refractivity contribution < 1.29 is 4.42 Å². The normalized spacial score (nSPS) is 10.6. The number of rotatable bonds is 5. The number of hydrogen-bond acceptors (Lipinski definition) is 3. The first-order chi connectivity index (χ1) is 7.90. The van der Waals surface area contributed by atoms with Gasteiger partial charge in [0.25, 0.3) is 0 Å². The molecule has 1 N–H and O–H groups in total. The van der Waals surface area contributed by atoms with Crippen LogP contribution in [0.1, 0.15) is 19.0 Å². The Morgan fingerprint density at radius 1 is 1.25 bits per heavy atom. The van der Waals surface area contributed by atoms with Crippen LogP contribution in [0.2, 0.25) is 0 Å². The minimum absolute atomic E-state index is 0.689. The van der Waals surface area contributed by atoms with Crippen LogP contribution in [-0.4, -0.2) is 11.5 Å². The summed E-state index contributed by atoms with van der Waals surface area (Å²) in [5.41, 5.74) is 1.97. The average molecular weight is 216 g/mol. The lowest BCUT2D eigenvalue weighted by molar-refractivity contribution is 0.570. The van der Waals surface area contributed by atoms with Crippen molar-refractivity contribution in [1.29, 1.82) is 0 Å². The van der Waals surface area contributed by atoms with Gasteiger partial charge in [-0.15, -0.1) is 0 Å². The summed E-state index contributed by atoms with van der Waals surface area (Å²) in [5, 5.41) is 3.29. The highest BCUT2D eigenvalue weighted by atomic mass is 16.3. The van der Waals surface area contributed by atoms with E-state index in [1.165, 1.54) is 0 Å². The molecule has 0 radical (unpaired) electrons. The monoisotopic (exact) mass is 216 g/mol. The molecule has 0 saturated carbocycles. The maximum absolute atomic E-state index is 5.43. The first kappa shape index (κ1) is 10.9. The summed E-state index contributed by atoms with van der Waals surface area (Å²) in [5.74, 6) is 0.689. The van der Waals surface area contributed by atoms with Crippen molar-refractivity contribution in [3.8, 4) is 11.5 Å². The van der Waals surface area contributed by atoms with Gasteiger partial charge >= 0.3 is 0 Å². The van der Waals surface area contributed by atoms with Gasteiger partial charge in [-0.3, -0.25) is 0 Å². The molecule has 0 aliphatic heterocycles. The van der Waals surface area contributed by atoms with E-state index in [0.717, 1.165) is 30.8 Å². The summed E-state index contributed by atoms with van der Waals surface area (Å²) in [6, 6.07) is 9.93. The van der Waals surface area contributed by atoms with Gasteiger partial charge in [-0.05, 0) is 25.1 Å². The zero-order chi connectivity index (χ0) is 11.2. The molecule has 0 spiro atoms. The largest absolute Gasteiger partial charge is 0.444 e. The standard InChI is InChI=1S/C13H16N2O/c1-2-8-14-9-12-10-16-13(15-12)11-6-4-3-5-7-11/h3-7,10,14H,2,8-9H2,1H3. The van der Waals surface area contributed by atoms with Gasteiger partial charge in [0.15, 0.2) is 0 Å². The van der Waals surface area contributed by atoms with Crippen molar-refractivity contribution in [3.05, 3.63) is 42.3 Å². The molecular weight excluding hydrogens is 200 g/mol. The fraction of sp³-hybridized carbons (Fsp3) is 0.308. The molecule has 0 amide bonds. The molecule has 3 heteroatoms. The molecule has 1 aromatic heterocycles. The lowest BCUT2D eigenvalue weighted by Gasteiger charge is -1.97. The molecule has 0 atom stereocenters. The second-order valence-corrected chi connectivity index (χ2v) is 3.69. The van der Waals surface area contributed by atoms with E-state index in [2.05, 4.69) is 17.2 Å². The molecule has 1 heterocycles. The van der Waals surface area contributed by atoms with Crippen LogP contribution >= 0.6 is 0 Å². The third-order valence-corrected chi connectivity index (χ3v) is 2.31. The molecule has 0 unspecified atom stereocenters. The SMILES string of the molecule is CCCNCc1coc(-c2ccccc2)n1. The Balaban J connectivity index is 2.02. The molecule has 2 aromatic rings.